The molecular formula is C9H12O2. The number of rotatable bonds is 1. The summed E-state index contributed by atoms with van der Waals surface area (Å²) in [6.07, 6.45) is 0.833. The molecule has 1 saturated carbocycles. The first kappa shape index (κ1) is 6.92. The molecule has 11 heavy (non-hydrogen) atoms. The molecule has 1 aromatic heterocycles. The molecule has 2 heteroatoms. The van der Waals surface area contributed by atoms with Gasteiger partial charge in [0.05, 0.1) is 0 Å². The largest absolute Gasteiger partial charge is 0.463 e. The average molecular weight is 152 g/mol. The Morgan fingerprint density at radius 3 is 2.64 bits per heavy atom. The number of hydrogen-bond donors (Lipinski definition) is 1. The lowest BCUT2D eigenvalue weighted by molar-refractivity contribution is 0.106. The van der Waals surface area contributed by atoms with E-state index in [1.807, 2.05) is 26.0 Å². The van der Waals surface area contributed by atoms with E-state index >= 15 is 0 Å². The van der Waals surface area contributed by atoms with Gasteiger partial charge in [-0.05, 0) is 31.4 Å². The van der Waals surface area contributed by atoms with Crippen molar-refractivity contribution in [1.29, 1.82) is 0 Å². The minimum Gasteiger partial charge on any atom is -0.463 e. The zero-order valence-corrected chi connectivity index (χ0v) is 6.79. The minimum atomic E-state index is -0.645. The Balaban J connectivity index is 2.31. The quantitative estimate of drug-likeness (QED) is 0.665. The van der Waals surface area contributed by atoms with Gasteiger partial charge in [0.15, 0.2) is 0 Å². The Labute approximate surface area is 65.8 Å². The van der Waals surface area contributed by atoms with E-state index in [4.69, 9.17) is 4.42 Å². The highest BCUT2D eigenvalue weighted by molar-refractivity contribution is 5.21. The van der Waals surface area contributed by atoms with Crippen LogP contribution in [-0.2, 0) is 5.60 Å². The third kappa shape index (κ3) is 0.897. The normalized spacial score (nSPS) is 35.7. The van der Waals surface area contributed by atoms with Crippen LogP contribution in [0.4, 0.5) is 0 Å². The van der Waals surface area contributed by atoms with Gasteiger partial charge in [-0.2, -0.15) is 0 Å². The molecule has 1 N–H and O–H groups in total. The highest BCUT2D eigenvalue weighted by atomic mass is 16.4. The molecule has 0 saturated heterocycles. The summed E-state index contributed by atoms with van der Waals surface area (Å²) in [6, 6.07) is 3.75. The lowest BCUT2D eigenvalue weighted by Gasteiger charge is -2.03. The summed E-state index contributed by atoms with van der Waals surface area (Å²) >= 11 is 0. The van der Waals surface area contributed by atoms with Crippen LogP contribution in [0.15, 0.2) is 16.5 Å². The van der Waals surface area contributed by atoms with Gasteiger partial charge in [-0.3, -0.25) is 0 Å². The summed E-state index contributed by atoms with van der Waals surface area (Å²) in [7, 11) is 0. The van der Waals surface area contributed by atoms with Crippen LogP contribution >= 0.6 is 0 Å². The lowest BCUT2D eigenvalue weighted by atomic mass is 10.2. The van der Waals surface area contributed by atoms with Crippen LogP contribution in [0.2, 0.25) is 0 Å². The van der Waals surface area contributed by atoms with E-state index in [2.05, 4.69) is 0 Å². The maximum absolute atomic E-state index is 9.79. The Kier molecular flexibility index (Phi) is 1.19. The molecule has 0 amide bonds. The Morgan fingerprint density at radius 1 is 1.64 bits per heavy atom. The van der Waals surface area contributed by atoms with Crippen molar-refractivity contribution in [3.63, 3.8) is 0 Å². The second kappa shape index (κ2) is 1.89. The van der Waals surface area contributed by atoms with Crippen LogP contribution < -0.4 is 0 Å². The molecular weight excluding hydrogens is 140 g/mol. The molecule has 2 atom stereocenters. The van der Waals surface area contributed by atoms with Crippen molar-refractivity contribution in [3.05, 3.63) is 23.7 Å². The molecule has 0 radical (unpaired) electrons. The number of furan rings is 1. The minimum absolute atomic E-state index is 0.355. The Morgan fingerprint density at radius 2 is 2.27 bits per heavy atom. The first-order chi connectivity index (χ1) is 5.13. The molecule has 1 aliphatic rings. The Bertz CT molecular complexity index is 277. The molecule has 60 valence electrons. The fourth-order valence-electron chi connectivity index (χ4n) is 1.42. The predicted octanol–water partition coefficient (Wildman–Crippen LogP) is 1.82. The van der Waals surface area contributed by atoms with Crippen molar-refractivity contribution in [2.75, 3.05) is 0 Å². The third-order valence-electron chi connectivity index (χ3n) is 2.44. The van der Waals surface area contributed by atoms with Crippen LogP contribution in [0, 0.1) is 12.8 Å². The van der Waals surface area contributed by atoms with Gasteiger partial charge in [-0.15, -0.1) is 0 Å². The van der Waals surface area contributed by atoms with Crippen molar-refractivity contribution in [2.45, 2.75) is 25.9 Å². The number of hydrogen-bond acceptors (Lipinski definition) is 2. The molecule has 0 bridgehead atoms. The van der Waals surface area contributed by atoms with E-state index in [-0.39, 0.29) is 0 Å². The highest BCUT2D eigenvalue weighted by Gasteiger charge is 2.53. The molecule has 0 aliphatic heterocycles. The smallest absolute Gasteiger partial charge is 0.136 e. The maximum atomic E-state index is 9.79. The zero-order chi connectivity index (χ0) is 8.06. The van der Waals surface area contributed by atoms with Gasteiger partial charge in [0.1, 0.15) is 17.1 Å². The third-order valence-corrected chi connectivity index (χ3v) is 2.44. The predicted molar refractivity (Wildman–Crippen MR) is 41.1 cm³/mol. The van der Waals surface area contributed by atoms with Crippen LogP contribution in [0.1, 0.15) is 24.9 Å². The number of aliphatic hydroxyl groups is 1. The molecule has 0 aromatic carbocycles. The topological polar surface area (TPSA) is 33.4 Å². The standard InChI is InChI=1S/C9H12O2/c1-6-5-9(6,10)8-4-3-7(2)11-8/h3-4,6,10H,5H2,1-2H3. The van der Waals surface area contributed by atoms with Crippen molar-refractivity contribution < 1.29 is 9.52 Å². The monoisotopic (exact) mass is 152 g/mol. The summed E-state index contributed by atoms with van der Waals surface area (Å²) in [5.41, 5.74) is -0.645. The molecule has 0 spiro atoms. The van der Waals surface area contributed by atoms with E-state index in [1.165, 1.54) is 0 Å². The van der Waals surface area contributed by atoms with E-state index in [0.29, 0.717) is 5.92 Å². The molecule has 1 aliphatic carbocycles. The van der Waals surface area contributed by atoms with Gasteiger partial charge in [0.25, 0.3) is 0 Å². The second-order valence-corrected chi connectivity index (χ2v) is 3.44. The first-order valence-electron chi connectivity index (χ1n) is 3.92. The van der Waals surface area contributed by atoms with E-state index in [1.54, 1.807) is 0 Å². The highest BCUT2D eigenvalue weighted by Crippen LogP contribution is 2.51. The van der Waals surface area contributed by atoms with Crippen molar-refractivity contribution in [3.8, 4) is 0 Å². The second-order valence-electron chi connectivity index (χ2n) is 3.44. The zero-order valence-electron chi connectivity index (χ0n) is 6.79. The van der Waals surface area contributed by atoms with Crippen molar-refractivity contribution in [1.82, 2.24) is 0 Å². The lowest BCUT2D eigenvalue weighted by Crippen LogP contribution is -2.05. The molecule has 2 unspecified atom stereocenters. The van der Waals surface area contributed by atoms with Crippen LogP contribution in [-0.4, -0.2) is 5.11 Å². The summed E-state index contributed by atoms with van der Waals surface area (Å²) in [5, 5.41) is 9.79. The molecule has 1 fully saturated rings. The molecule has 2 rings (SSSR count). The van der Waals surface area contributed by atoms with Gasteiger partial charge < -0.3 is 9.52 Å². The van der Waals surface area contributed by atoms with Crippen molar-refractivity contribution in [2.24, 2.45) is 5.92 Å². The van der Waals surface area contributed by atoms with Gasteiger partial charge >= 0.3 is 0 Å². The summed E-state index contributed by atoms with van der Waals surface area (Å²) in [6.45, 7) is 3.91. The van der Waals surface area contributed by atoms with Crippen LogP contribution in [0.5, 0.6) is 0 Å². The SMILES string of the molecule is Cc1ccc(C2(O)CC2C)o1. The van der Waals surface area contributed by atoms with Crippen molar-refractivity contribution >= 4 is 0 Å². The fraction of sp³-hybridized carbons (Fsp3) is 0.556. The Hall–Kier alpha value is -0.760. The van der Waals surface area contributed by atoms with E-state index in [0.717, 1.165) is 17.9 Å². The summed E-state index contributed by atoms with van der Waals surface area (Å²) in [5.74, 6) is 1.95. The summed E-state index contributed by atoms with van der Waals surface area (Å²) in [4.78, 5) is 0. The van der Waals surface area contributed by atoms with Gasteiger partial charge in [-0.25, -0.2) is 0 Å². The fourth-order valence-corrected chi connectivity index (χ4v) is 1.42. The molecule has 1 heterocycles. The summed E-state index contributed by atoms with van der Waals surface area (Å²) < 4.78 is 5.33. The van der Waals surface area contributed by atoms with Crippen LogP contribution in [0.25, 0.3) is 0 Å². The van der Waals surface area contributed by atoms with Crippen LogP contribution in [0.3, 0.4) is 0 Å². The van der Waals surface area contributed by atoms with Gasteiger partial charge in [0.2, 0.25) is 0 Å². The molecule has 1 aromatic rings. The van der Waals surface area contributed by atoms with Gasteiger partial charge in [-0.1, -0.05) is 6.92 Å². The van der Waals surface area contributed by atoms with E-state index in [9.17, 15) is 5.11 Å². The average Bonchev–Trinajstić information content (AvgIpc) is 2.44. The van der Waals surface area contributed by atoms with Gasteiger partial charge in [0, 0.05) is 0 Å². The number of aryl methyl sites for hydroxylation is 1. The maximum Gasteiger partial charge on any atom is 0.136 e. The van der Waals surface area contributed by atoms with E-state index < -0.39 is 5.60 Å². The first-order valence-corrected chi connectivity index (χ1v) is 3.92. The molecule has 2 nitrogen and oxygen atoms in total.